The first kappa shape index (κ1) is 18.3. The molecule has 1 aliphatic rings. The Bertz CT molecular complexity index is 647. The average molecular weight is 350 g/mol. The fraction of sp³-hybridized carbons (Fsp3) is 0.471. The molecule has 2 rings (SSSR count). The molecule has 7 heteroatoms. The van der Waals surface area contributed by atoms with Gasteiger partial charge in [-0.3, -0.25) is 9.59 Å². The third-order valence-electron chi connectivity index (χ3n) is 3.61. The summed E-state index contributed by atoms with van der Waals surface area (Å²) in [5.41, 5.74) is 0.900. The van der Waals surface area contributed by atoms with Crippen molar-refractivity contribution in [2.75, 3.05) is 11.9 Å². The summed E-state index contributed by atoms with van der Waals surface area (Å²) in [5, 5.41) is 5.37. The van der Waals surface area contributed by atoms with Crippen LogP contribution in [-0.2, 0) is 14.3 Å². The Labute approximate surface area is 145 Å². The van der Waals surface area contributed by atoms with Crippen molar-refractivity contribution in [3.63, 3.8) is 0 Å². The van der Waals surface area contributed by atoms with Crippen molar-refractivity contribution < 1.29 is 19.1 Å². The van der Waals surface area contributed by atoms with Crippen LogP contribution in [0.1, 0.15) is 44.0 Å². The Morgan fingerprint density at radius 2 is 2.17 bits per heavy atom. The molecule has 24 heavy (non-hydrogen) atoms. The fourth-order valence-corrected chi connectivity index (χ4v) is 3.30. The van der Waals surface area contributed by atoms with E-state index in [4.69, 9.17) is 4.74 Å². The van der Waals surface area contributed by atoms with E-state index in [1.54, 1.807) is 18.2 Å². The van der Waals surface area contributed by atoms with Gasteiger partial charge in [-0.25, -0.2) is 4.79 Å². The van der Waals surface area contributed by atoms with Gasteiger partial charge in [-0.2, -0.15) is 0 Å². The fourth-order valence-electron chi connectivity index (χ4n) is 2.37. The van der Waals surface area contributed by atoms with E-state index in [9.17, 15) is 14.4 Å². The molecule has 0 spiro atoms. The van der Waals surface area contributed by atoms with Gasteiger partial charge in [0.15, 0.2) is 6.61 Å². The van der Waals surface area contributed by atoms with Crippen LogP contribution >= 0.6 is 11.8 Å². The first-order chi connectivity index (χ1) is 11.4. The minimum Gasteiger partial charge on any atom is -0.452 e. The van der Waals surface area contributed by atoms with Crippen molar-refractivity contribution in [2.45, 2.75) is 49.8 Å². The predicted octanol–water partition coefficient (Wildman–Crippen LogP) is 2.58. The van der Waals surface area contributed by atoms with Crippen molar-refractivity contribution >= 4 is 35.2 Å². The number of nitrogens with one attached hydrogen (secondary N) is 2. The van der Waals surface area contributed by atoms with Crippen LogP contribution in [-0.4, -0.2) is 35.7 Å². The highest BCUT2D eigenvalue weighted by atomic mass is 32.2. The zero-order valence-electron chi connectivity index (χ0n) is 14.0. The van der Waals surface area contributed by atoms with Gasteiger partial charge in [-0.1, -0.05) is 13.3 Å². The van der Waals surface area contributed by atoms with E-state index in [0.29, 0.717) is 11.3 Å². The monoisotopic (exact) mass is 350 g/mol. The molecule has 0 unspecified atom stereocenters. The lowest BCUT2D eigenvalue weighted by Gasteiger charge is -2.21. The van der Waals surface area contributed by atoms with Gasteiger partial charge in [0, 0.05) is 10.9 Å². The Morgan fingerprint density at radius 3 is 2.88 bits per heavy atom. The van der Waals surface area contributed by atoms with E-state index in [-0.39, 0.29) is 29.7 Å². The number of carbonyl (C=O) groups is 3. The first-order valence-electron chi connectivity index (χ1n) is 7.98. The molecule has 0 radical (unpaired) electrons. The summed E-state index contributed by atoms with van der Waals surface area (Å²) >= 11 is 1.44. The van der Waals surface area contributed by atoms with Gasteiger partial charge in [-0.05, 0) is 38.5 Å². The van der Waals surface area contributed by atoms with Gasteiger partial charge in [0.25, 0.3) is 5.91 Å². The standard InChI is InChI=1S/C17H22N2O4S/c1-4-5-10(2)18-15(20)9-23-17(22)12-6-7-14-13(8-12)19-16(21)11(3)24-14/h6-8,10-11H,4-5,9H2,1-3H3,(H,18,20)(H,19,21)/t10-,11+/m1/s1. The van der Waals surface area contributed by atoms with Crippen LogP contribution in [0.4, 0.5) is 5.69 Å². The van der Waals surface area contributed by atoms with Crippen LogP contribution in [0.3, 0.4) is 0 Å². The minimum atomic E-state index is -0.589. The molecule has 130 valence electrons. The van der Waals surface area contributed by atoms with Crippen LogP contribution in [0.2, 0.25) is 0 Å². The molecule has 2 atom stereocenters. The van der Waals surface area contributed by atoms with Gasteiger partial charge in [0.2, 0.25) is 5.91 Å². The number of rotatable bonds is 6. The van der Waals surface area contributed by atoms with Gasteiger partial charge in [0.05, 0.1) is 16.5 Å². The zero-order valence-corrected chi connectivity index (χ0v) is 14.9. The molecule has 0 fully saturated rings. The third kappa shape index (κ3) is 4.74. The predicted molar refractivity (Wildman–Crippen MR) is 93.2 cm³/mol. The SMILES string of the molecule is CCC[C@@H](C)NC(=O)COC(=O)c1ccc2c(c1)NC(=O)[C@H](C)S2. The Hall–Kier alpha value is -2.02. The largest absolute Gasteiger partial charge is 0.452 e. The van der Waals surface area contributed by atoms with Gasteiger partial charge in [-0.15, -0.1) is 11.8 Å². The average Bonchev–Trinajstić information content (AvgIpc) is 2.53. The number of fused-ring (bicyclic) bond motifs is 1. The van der Waals surface area contributed by atoms with Crippen molar-refractivity contribution in [1.82, 2.24) is 5.32 Å². The summed E-state index contributed by atoms with van der Waals surface area (Å²) in [5.74, 6) is -1.00. The van der Waals surface area contributed by atoms with E-state index >= 15 is 0 Å². The molecule has 1 aromatic carbocycles. The number of amides is 2. The first-order valence-corrected chi connectivity index (χ1v) is 8.86. The van der Waals surface area contributed by atoms with Crippen molar-refractivity contribution in [3.05, 3.63) is 23.8 Å². The highest BCUT2D eigenvalue weighted by molar-refractivity contribution is 8.00. The summed E-state index contributed by atoms with van der Waals surface area (Å²) in [7, 11) is 0. The van der Waals surface area contributed by atoms with E-state index < -0.39 is 5.97 Å². The number of carbonyl (C=O) groups excluding carboxylic acids is 3. The van der Waals surface area contributed by atoms with Crippen LogP contribution in [0.25, 0.3) is 0 Å². The summed E-state index contributed by atoms with van der Waals surface area (Å²) in [4.78, 5) is 36.4. The molecule has 2 N–H and O–H groups in total. The second-order valence-corrected chi connectivity index (χ2v) is 7.18. The zero-order chi connectivity index (χ0) is 17.7. The smallest absolute Gasteiger partial charge is 0.338 e. The number of hydrogen-bond donors (Lipinski definition) is 2. The maximum absolute atomic E-state index is 12.1. The van der Waals surface area contributed by atoms with E-state index in [2.05, 4.69) is 10.6 Å². The molecular weight excluding hydrogens is 328 g/mol. The lowest BCUT2D eigenvalue weighted by atomic mass is 10.2. The topological polar surface area (TPSA) is 84.5 Å². The molecule has 6 nitrogen and oxygen atoms in total. The van der Waals surface area contributed by atoms with E-state index in [0.717, 1.165) is 17.7 Å². The Morgan fingerprint density at radius 1 is 1.42 bits per heavy atom. The number of ether oxygens (including phenoxy) is 1. The van der Waals surface area contributed by atoms with Gasteiger partial charge >= 0.3 is 5.97 Å². The van der Waals surface area contributed by atoms with E-state index in [1.165, 1.54) is 11.8 Å². The number of hydrogen-bond acceptors (Lipinski definition) is 5. The number of benzene rings is 1. The van der Waals surface area contributed by atoms with Crippen LogP contribution < -0.4 is 10.6 Å². The summed E-state index contributed by atoms with van der Waals surface area (Å²) in [6, 6.07) is 5.04. The second kappa shape index (κ2) is 8.19. The maximum atomic E-state index is 12.1. The molecule has 0 aliphatic carbocycles. The number of thioether (sulfide) groups is 1. The Kier molecular flexibility index (Phi) is 6.25. The van der Waals surface area contributed by atoms with Crippen molar-refractivity contribution in [2.24, 2.45) is 0 Å². The van der Waals surface area contributed by atoms with E-state index in [1.807, 2.05) is 20.8 Å². The highest BCUT2D eigenvalue weighted by Crippen LogP contribution is 2.35. The normalized spacial score (nSPS) is 17.5. The van der Waals surface area contributed by atoms with Crippen molar-refractivity contribution in [3.8, 4) is 0 Å². The summed E-state index contributed by atoms with van der Waals surface area (Å²) in [6.07, 6.45) is 1.85. The molecule has 1 aromatic rings. The minimum absolute atomic E-state index is 0.0548. The van der Waals surface area contributed by atoms with Gasteiger partial charge < -0.3 is 15.4 Å². The highest BCUT2D eigenvalue weighted by Gasteiger charge is 2.24. The molecule has 1 heterocycles. The Balaban J connectivity index is 1.92. The number of esters is 1. The van der Waals surface area contributed by atoms with Crippen LogP contribution in [0, 0.1) is 0 Å². The quantitative estimate of drug-likeness (QED) is 0.770. The summed E-state index contributed by atoms with van der Waals surface area (Å²) < 4.78 is 5.04. The molecule has 0 aromatic heterocycles. The summed E-state index contributed by atoms with van der Waals surface area (Å²) in [6.45, 7) is 5.45. The number of anilines is 1. The van der Waals surface area contributed by atoms with Crippen molar-refractivity contribution in [1.29, 1.82) is 0 Å². The van der Waals surface area contributed by atoms with Crippen LogP contribution in [0.15, 0.2) is 23.1 Å². The molecule has 0 saturated heterocycles. The second-order valence-electron chi connectivity index (χ2n) is 5.79. The lowest BCUT2D eigenvalue weighted by molar-refractivity contribution is -0.124. The third-order valence-corrected chi connectivity index (χ3v) is 4.79. The maximum Gasteiger partial charge on any atom is 0.338 e. The molecule has 1 aliphatic heterocycles. The van der Waals surface area contributed by atoms with Crippen LogP contribution in [0.5, 0.6) is 0 Å². The molecule has 0 bridgehead atoms. The lowest BCUT2D eigenvalue weighted by Crippen LogP contribution is -2.35. The molecule has 0 saturated carbocycles. The van der Waals surface area contributed by atoms with Gasteiger partial charge in [0.1, 0.15) is 0 Å². The molecular formula is C17H22N2O4S. The molecule has 2 amide bonds.